The van der Waals surface area contributed by atoms with Gasteiger partial charge in [0.2, 0.25) is 0 Å². The minimum absolute atomic E-state index is 0.285. The monoisotopic (exact) mass is 189 g/mol. The molecular weight excluding hydrogens is 174 g/mol. The van der Waals surface area contributed by atoms with E-state index in [9.17, 15) is 4.79 Å². The van der Waals surface area contributed by atoms with Crippen LogP contribution in [0.25, 0.3) is 0 Å². The quantitative estimate of drug-likeness (QED) is 0.664. The van der Waals surface area contributed by atoms with Crippen molar-refractivity contribution in [2.45, 2.75) is 26.2 Å². The molecule has 2 rings (SSSR count). The molecule has 0 aromatic heterocycles. The van der Waals surface area contributed by atoms with E-state index in [0.29, 0.717) is 6.42 Å². The first-order valence-corrected chi connectivity index (χ1v) is 5.22. The Hall–Kier alpha value is -1.31. The highest BCUT2D eigenvalue weighted by molar-refractivity contribution is 6.01. The Balaban J connectivity index is 2.28. The van der Waals surface area contributed by atoms with Crippen LogP contribution < -0.4 is 0 Å². The van der Waals surface area contributed by atoms with Gasteiger partial charge in [-0.1, -0.05) is 13.0 Å². The summed E-state index contributed by atoms with van der Waals surface area (Å²) in [5, 5.41) is 0. The zero-order chi connectivity index (χ0) is 9.97. The van der Waals surface area contributed by atoms with Gasteiger partial charge < -0.3 is 4.90 Å². The van der Waals surface area contributed by atoms with E-state index in [0.717, 1.165) is 30.7 Å². The number of carbonyl (C=O) groups is 1. The summed E-state index contributed by atoms with van der Waals surface area (Å²) in [6.07, 6.45) is 10.8. The van der Waals surface area contributed by atoms with Gasteiger partial charge in [-0.3, -0.25) is 4.79 Å². The molecule has 2 heteroatoms. The van der Waals surface area contributed by atoms with Crippen molar-refractivity contribution >= 4 is 5.78 Å². The molecule has 0 fully saturated rings. The fourth-order valence-electron chi connectivity index (χ4n) is 1.94. The van der Waals surface area contributed by atoms with Crippen molar-refractivity contribution in [1.82, 2.24) is 4.90 Å². The smallest absolute Gasteiger partial charge is 0.165 e. The molecule has 2 aliphatic rings. The Kier molecular flexibility index (Phi) is 2.53. The molecule has 1 aliphatic heterocycles. The average molecular weight is 189 g/mol. The van der Waals surface area contributed by atoms with Gasteiger partial charge in [0.1, 0.15) is 0 Å². The van der Waals surface area contributed by atoms with E-state index in [1.54, 1.807) is 0 Å². The number of rotatable bonds is 2. The number of hydrogen-bond donors (Lipinski definition) is 0. The first kappa shape index (κ1) is 9.25. The number of nitrogens with zero attached hydrogens (tertiary/aromatic N) is 1. The topological polar surface area (TPSA) is 20.3 Å². The summed E-state index contributed by atoms with van der Waals surface area (Å²) in [6.45, 7) is 3.14. The van der Waals surface area contributed by atoms with Crippen LogP contribution in [0.15, 0.2) is 35.7 Å². The lowest BCUT2D eigenvalue weighted by molar-refractivity contribution is -0.115. The van der Waals surface area contributed by atoms with Crippen LogP contribution in [0.2, 0.25) is 0 Å². The minimum Gasteiger partial charge on any atom is -0.348 e. The van der Waals surface area contributed by atoms with Crippen LogP contribution in [0.4, 0.5) is 0 Å². The molecule has 1 heterocycles. The van der Waals surface area contributed by atoms with Gasteiger partial charge in [-0.05, 0) is 25.0 Å². The molecule has 0 bridgehead atoms. The second-order valence-electron chi connectivity index (χ2n) is 3.67. The van der Waals surface area contributed by atoms with Crippen molar-refractivity contribution in [2.24, 2.45) is 0 Å². The molecule has 0 radical (unpaired) electrons. The maximum atomic E-state index is 11.6. The van der Waals surface area contributed by atoms with Crippen LogP contribution >= 0.6 is 0 Å². The van der Waals surface area contributed by atoms with Crippen LogP contribution in [0, 0.1) is 0 Å². The summed E-state index contributed by atoms with van der Waals surface area (Å²) >= 11 is 0. The second kappa shape index (κ2) is 3.82. The third-order valence-corrected chi connectivity index (χ3v) is 2.59. The van der Waals surface area contributed by atoms with Crippen LogP contribution in [0.3, 0.4) is 0 Å². The first-order valence-electron chi connectivity index (χ1n) is 5.22. The number of allylic oxidation sites excluding steroid dienone is 4. The highest BCUT2D eigenvalue weighted by Crippen LogP contribution is 2.27. The molecule has 0 aromatic rings. The number of fused-ring (bicyclic) bond motifs is 1. The Morgan fingerprint density at radius 1 is 1.50 bits per heavy atom. The van der Waals surface area contributed by atoms with Gasteiger partial charge >= 0.3 is 0 Å². The van der Waals surface area contributed by atoms with Gasteiger partial charge in [0.05, 0.1) is 0 Å². The van der Waals surface area contributed by atoms with Gasteiger partial charge in [-0.2, -0.15) is 0 Å². The van der Waals surface area contributed by atoms with Crippen molar-refractivity contribution in [3.63, 3.8) is 0 Å². The number of Topliss-reactive ketones (excluding diaryl/α,β-unsaturated/α-hetero) is 1. The Morgan fingerprint density at radius 3 is 3.14 bits per heavy atom. The standard InChI is InChI=1S/C12H15NO/c1-2-8-13-9-4-5-10-11(13)6-3-7-12(10)14/h4-6,9H,2-3,7-8H2,1H3. The Labute approximate surface area is 84.6 Å². The summed E-state index contributed by atoms with van der Waals surface area (Å²) in [5.41, 5.74) is 2.01. The van der Waals surface area contributed by atoms with E-state index in [4.69, 9.17) is 0 Å². The van der Waals surface area contributed by atoms with E-state index in [-0.39, 0.29) is 5.78 Å². The molecule has 0 saturated carbocycles. The van der Waals surface area contributed by atoms with Crippen LogP contribution in [0.1, 0.15) is 26.2 Å². The maximum Gasteiger partial charge on any atom is 0.165 e. The van der Waals surface area contributed by atoms with Crippen LogP contribution in [0.5, 0.6) is 0 Å². The van der Waals surface area contributed by atoms with Gasteiger partial charge in [0, 0.05) is 30.4 Å². The lowest BCUT2D eigenvalue weighted by Crippen LogP contribution is -2.26. The molecule has 0 unspecified atom stereocenters. The Morgan fingerprint density at radius 2 is 2.36 bits per heavy atom. The molecule has 14 heavy (non-hydrogen) atoms. The SMILES string of the molecule is CCCN1C=CC=C2C(=O)CCC=C21. The van der Waals surface area contributed by atoms with Crippen LogP contribution in [-0.4, -0.2) is 17.2 Å². The third-order valence-electron chi connectivity index (χ3n) is 2.59. The zero-order valence-electron chi connectivity index (χ0n) is 8.49. The number of hydrogen-bond acceptors (Lipinski definition) is 2. The minimum atomic E-state index is 0.285. The molecule has 0 spiro atoms. The summed E-state index contributed by atoms with van der Waals surface area (Å²) < 4.78 is 0. The lowest BCUT2D eigenvalue weighted by atomic mass is 9.94. The van der Waals surface area contributed by atoms with Crippen molar-refractivity contribution < 1.29 is 4.79 Å². The molecule has 0 atom stereocenters. The molecule has 0 saturated heterocycles. The lowest BCUT2D eigenvalue weighted by Gasteiger charge is -2.29. The fourth-order valence-corrected chi connectivity index (χ4v) is 1.94. The third kappa shape index (κ3) is 1.52. The molecule has 0 aromatic carbocycles. The predicted octanol–water partition coefficient (Wildman–Crippen LogP) is 2.40. The van der Waals surface area contributed by atoms with E-state index in [1.807, 2.05) is 12.2 Å². The van der Waals surface area contributed by atoms with Crippen molar-refractivity contribution in [1.29, 1.82) is 0 Å². The largest absolute Gasteiger partial charge is 0.348 e. The summed E-state index contributed by atoms with van der Waals surface area (Å²) in [7, 11) is 0. The molecular formula is C12H15NO. The van der Waals surface area contributed by atoms with Gasteiger partial charge in [0.15, 0.2) is 5.78 Å². The first-order chi connectivity index (χ1) is 6.83. The maximum absolute atomic E-state index is 11.6. The molecule has 0 amide bonds. The van der Waals surface area contributed by atoms with Gasteiger partial charge in [-0.25, -0.2) is 0 Å². The number of ketones is 1. The summed E-state index contributed by atoms with van der Waals surface area (Å²) in [5.74, 6) is 0.285. The van der Waals surface area contributed by atoms with Crippen molar-refractivity contribution in [3.05, 3.63) is 35.7 Å². The average Bonchev–Trinajstić information content (AvgIpc) is 2.20. The van der Waals surface area contributed by atoms with Crippen molar-refractivity contribution in [3.8, 4) is 0 Å². The summed E-state index contributed by atoms with van der Waals surface area (Å²) in [4.78, 5) is 13.8. The van der Waals surface area contributed by atoms with Crippen molar-refractivity contribution in [2.75, 3.05) is 6.54 Å². The van der Waals surface area contributed by atoms with Crippen LogP contribution in [-0.2, 0) is 4.79 Å². The predicted molar refractivity (Wildman–Crippen MR) is 56.5 cm³/mol. The number of carbonyl (C=O) groups excluding carboxylic acids is 1. The van der Waals surface area contributed by atoms with Gasteiger partial charge in [0.25, 0.3) is 0 Å². The second-order valence-corrected chi connectivity index (χ2v) is 3.67. The highest BCUT2D eigenvalue weighted by Gasteiger charge is 2.22. The van der Waals surface area contributed by atoms with Gasteiger partial charge in [-0.15, -0.1) is 0 Å². The van der Waals surface area contributed by atoms with E-state index in [2.05, 4.69) is 24.1 Å². The highest BCUT2D eigenvalue weighted by atomic mass is 16.1. The zero-order valence-corrected chi connectivity index (χ0v) is 8.49. The molecule has 0 N–H and O–H groups in total. The fraction of sp³-hybridized carbons (Fsp3) is 0.417. The summed E-state index contributed by atoms with van der Waals surface area (Å²) in [6, 6.07) is 0. The normalized spacial score (nSPS) is 20.4. The van der Waals surface area contributed by atoms with E-state index < -0.39 is 0 Å². The Bertz CT molecular complexity index is 336. The molecule has 1 aliphatic carbocycles. The van der Waals surface area contributed by atoms with E-state index >= 15 is 0 Å². The molecule has 2 nitrogen and oxygen atoms in total. The molecule has 74 valence electrons. The van der Waals surface area contributed by atoms with E-state index in [1.165, 1.54) is 0 Å².